The molecule has 1 atom stereocenters. The molecule has 0 aromatic carbocycles. The van der Waals surface area contributed by atoms with Gasteiger partial charge in [-0.05, 0) is 25.7 Å². The molecule has 0 bridgehead atoms. The van der Waals surface area contributed by atoms with Crippen LogP contribution < -0.4 is 0 Å². The summed E-state index contributed by atoms with van der Waals surface area (Å²) in [5.41, 5.74) is 0. The average Bonchev–Trinajstić information content (AvgIpc) is 3.29. The molecule has 220 valence electrons. The van der Waals surface area contributed by atoms with Gasteiger partial charge < -0.3 is 9.80 Å². The Kier molecular flexibility index (Phi) is 25.0. The zero-order valence-corrected chi connectivity index (χ0v) is 26.1. The van der Waals surface area contributed by atoms with Gasteiger partial charge in [0, 0.05) is 25.5 Å². The summed E-state index contributed by atoms with van der Waals surface area (Å²) < 4.78 is 0. The molecule has 37 heavy (non-hydrogen) atoms. The van der Waals surface area contributed by atoms with Gasteiger partial charge in [-0.15, -0.1) is 0 Å². The Labute approximate surface area is 235 Å². The highest BCUT2D eigenvalue weighted by molar-refractivity contribution is 4.97. The fourth-order valence-corrected chi connectivity index (χ4v) is 6.01. The van der Waals surface area contributed by atoms with Crippen LogP contribution in [0.15, 0.2) is 12.4 Å². The molecule has 0 fully saturated rings. The van der Waals surface area contributed by atoms with Gasteiger partial charge in [0.05, 0.1) is 0 Å². The quantitative estimate of drug-likeness (QED) is 0.0908. The Morgan fingerprint density at radius 2 is 0.622 bits per heavy atom. The lowest BCUT2D eigenvalue weighted by Gasteiger charge is -2.33. The van der Waals surface area contributed by atoms with Crippen LogP contribution in [0.1, 0.15) is 194 Å². The van der Waals surface area contributed by atoms with E-state index in [2.05, 4.69) is 43.0 Å². The lowest BCUT2D eigenvalue weighted by Crippen LogP contribution is -2.39. The van der Waals surface area contributed by atoms with E-state index < -0.39 is 0 Å². The maximum Gasteiger partial charge on any atom is 0.101 e. The summed E-state index contributed by atoms with van der Waals surface area (Å²) in [5, 5.41) is 0. The summed E-state index contributed by atoms with van der Waals surface area (Å²) in [4.78, 5) is 5.37. The highest BCUT2D eigenvalue weighted by atomic mass is 15.4. The molecule has 2 heteroatoms. The number of unbranched alkanes of at least 4 members (excludes halogenated alkanes) is 23. The van der Waals surface area contributed by atoms with E-state index in [1.165, 1.54) is 186 Å². The third-order valence-corrected chi connectivity index (χ3v) is 8.57. The molecule has 0 aromatic rings. The van der Waals surface area contributed by atoms with Crippen molar-refractivity contribution in [2.24, 2.45) is 0 Å². The number of hydrogen-bond donors (Lipinski definition) is 0. The van der Waals surface area contributed by atoms with Crippen LogP contribution in [-0.2, 0) is 0 Å². The highest BCUT2D eigenvalue weighted by Crippen LogP contribution is 2.24. The Balaban J connectivity index is 2.07. The third-order valence-electron chi connectivity index (χ3n) is 8.57. The summed E-state index contributed by atoms with van der Waals surface area (Å²) in [6.07, 6.45) is 44.0. The normalized spacial score (nSPS) is 15.4. The smallest absolute Gasteiger partial charge is 0.101 e. The Bertz CT molecular complexity index is 474. The maximum absolute atomic E-state index is 2.69. The molecule has 1 aliphatic heterocycles. The van der Waals surface area contributed by atoms with E-state index in [0.29, 0.717) is 6.17 Å². The molecule has 0 spiro atoms. The number of hydrogen-bond acceptors (Lipinski definition) is 2. The van der Waals surface area contributed by atoms with Gasteiger partial charge in [0.1, 0.15) is 6.17 Å². The Morgan fingerprint density at radius 1 is 0.351 bits per heavy atom. The Hall–Kier alpha value is -0.660. The van der Waals surface area contributed by atoms with Gasteiger partial charge in [0.15, 0.2) is 0 Å². The fourth-order valence-electron chi connectivity index (χ4n) is 6.01. The standard InChI is InChI=1S/C35H70N2/c1-4-7-10-13-14-15-16-17-18-19-20-21-22-23-26-29-32-37-34-33-36(31-28-25-12-9-6-3)35(37)30-27-24-11-8-5-2/h33-35H,4-32H2,1-3H3. The lowest BCUT2D eigenvalue weighted by atomic mass is 10.0. The molecule has 0 aliphatic carbocycles. The summed E-state index contributed by atoms with van der Waals surface area (Å²) in [5.74, 6) is 0. The first-order valence-electron chi connectivity index (χ1n) is 17.5. The third kappa shape index (κ3) is 20.0. The van der Waals surface area contributed by atoms with Crippen LogP contribution in [0.5, 0.6) is 0 Å². The molecule has 0 amide bonds. The van der Waals surface area contributed by atoms with Gasteiger partial charge in [0.25, 0.3) is 0 Å². The second-order valence-electron chi connectivity index (χ2n) is 12.2. The molecule has 0 radical (unpaired) electrons. The van der Waals surface area contributed by atoms with E-state index in [1.54, 1.807) is 0 Å². The minimum absolute atomic E-state index is 0.643. The van der Waals surface area contributed by atoms with Gasteiger partial charge in [-0.3, -0.25) is 0 Å². The first-order chi connectivity index (χ1) is 18.3. The topological polar surface area (TPSA) is 6.48 Å². The fraction of sp³-hybridized carbons (Fsp3) is 0.943. The van der Waals surface area contributed by atoms with E-state index in [1.807, 2.05) is 0 Å². The first-order valence-corrected chi connectivity index (χ1v) is 17.5. The molecule has 1 heterocycles. The molecular weight excluding hydrogens is 448 g/mol. The highest BCUT2D eigenvalue weighted by Gasteiger charge is 2.24. The minimum Gasteiger partial charge on any atom is -0.356 e. The van der Waals surface area contributed by atoms with E-state index in [0.717, 1.165) is 0 Å². The van der Waals surface area contributed by atoms with Crippen molar-refractivity contribution in [3.05, 3.63) is 12.4 Å². The minimum atomic E-state index is 0.643. The SMILES string of the molecule is CCCCCCCCCCCCCCCCCCN1C=CN(CCCCCCC)C1CCCCCCC. The van der Waals surface area contributed by atoms with E-state index >= 15 is 0 Å². The van der Waals surface area contributed by atoms with Crippen LogP contribution >= 0.6 is 0 Å². The van der Waals surface area contributed by atoms with Crippen molar-refractivity contribution in [3.63, 3.8) is 0 Å². The van der Waals surface area contributed by atoms with Gasteiger partial charge in [-0.1, -0.05) is 168 Å². The molecule has 1 aliphatic rings. The van der Waals surface area contributed by atoms with Crippen LogP contribution in [0.25, 0.3) is 0 Å². The van der Waals surface area contributed by atoms with Crippen molar-refractivity contribution in [2.75, 3.05) is 13.1 Å². The zero-order valence-electron chi connectivity index (χ0n) is 26.1. The van der Waals surface area contributed by atoms with Crippen LogP contribution in [-0.4, -0.2) is 29.1 Å². The maximum atomic E-state index is 2.69. The molecule has 2 nitrogen and oxygen atoms in total. The molecule has 1 unspecified atom stereocenters. The number of rotatable bonds is 29. The summed E-state index contributed by atoms with van der Waals surface area (Å²) in [6.45, 7) is 9.47. The van der Waals surface area contributed by atoms with Crippen molar-refractivity contribution >= 4 is 0 Å². The van der Waals surface area contributed by atoms with Gasteiger partial charge in [0.2, 0.25) is 0 Å². The second kappa shape index (κ2) is 26.9. The van der Waals surface area contributed by atoms with E-state index in [9.17, 15) is 0 Å². The van der Waals surface area contributed by atoms with Crippen molar-refractivity contribution < 1.29 is 0 Å². The van der Waals surface area contributed by atoms with E-state index in [-0.39, 0.29) is 0 Å². The van der Waals surface area contributed by atoms with Crippen LogP contribution in [0.3, 0.4) is 0 Å². The second-order valence-corrected chi connectivity index (χ2v) is 12.2. The lowest BCUT2D eigenvalue weighted by molar-refractivity contribution is 0.135. The first kappa shape index (κ1) is 34.4. The summed E-state index contributed by atoms with van der Waals surface area (Å²) >= 11 is 0. The van der Waals surface area contributed by atoms with Gasteiger partial charge in [-0.2, -0.15) is 0 Å². The van der Waals surface area contributed by atoms with Crippen LogP contribution in [0.2, 0.25) is 0 Å². The van der Waals surface area contributed by atoms with Crippen molar-refractivity contribution in [2.45, 2.75) is 200 Å². The van der Waals surface area contributed by atoms with Crippen LogP contribution in [0.4, 0.5) is 0 Å². The summed E-state index contributed by atoms with van der Waals surface area (Å²) in [6, 6.07) is 0. The molecule has 0 aromatic heterocycles. The van der Waals surface area contributed by atoms with Crippen LogP contribution in [0, 0.1) is 0 Å². The zero-order chi connectivity index (χ0) is 26.7. The van der Waals surface area contributed by atoms with Crippen molar-refractivity contribution in [3.8, 4) is 0 Å². The predicted octanol–water partition coefficient (Wildman–Crippen LogP) is 12.0. The molecule has 1 rings (SSSR count). The summed E-state index contributed by atoms with van der Waals surface area (Å²) in [7, 11) is 0. The molecular formula is C35H70N2. The van der Waals surface area contributed by atoms with Crippen molar-refractivity contribution in [1.29, 1.82) is 0 Å². The molecule has 0 saturated heterocycles. The molecule has 0 saturated carbocycles. The molecule has 0 N–H and O–H groups in total. The predicted molar refractivity (Wildman–Crippen MR) is 168 cm³/mol. The average molecular weight is 519 g/mol. The monoisotopic (exact) mass is 519 g/mol. The van der Waals surface area contributed by atoms with E-state index in [4.69, 9.17) is 0 Å². The largest absolute Gasteiger partial charge is 0.356 e. The van der Waals surface area contributed by atoms with Gasteiger partial charge in [-0.25, -0.2) is 0 Å². The van der Waals surface area contributed by atoms with Gasteiger partial charge >= 0.3 is 0 Å². The number of nitrogens with zero attached hydrogens (tertiary/aromatic N) is 2. The Morgan fingerprint density at radius 3 is 0.946 bits per heavy atom. The van der Waals surface area contributed by atoms with Crippen molar-refractivity contribution in [1.82, 2.24) is 9.80 Å².